The Labute approximate surface area is 207 Å². The molecule has 0 bridgehead atoms. The lowest BCUT2D eigenvalue weighted by Crippen LogP contribution is -2.44. The van der Waals surface area contributed by atoms with Crippen molar-refractivity contribution in [2.75, 3.05) is 26.3 Å². The van der Waals surface area contributed by atoms with Crippen LogP contribution >= 0.6 is 0 Å². The van der Waals surface area contributed by atoms with E-state index in [-0.39, 0.29) is 18.5 Å². The van der Waals surface area contributed by atoms with E-state index in [9.17, 15) is 14.4 Å². The molecule has 186 valence electrons. The van der Waals surface area contributed by atoms with Crippen LogP contribution in [0.15, 0.2) is 52.9 Å². The lowest BCUT2D eigenvalue weighted by atomic mass is 9.99. The van der Waals surface area contributed by atoms with Crippen LogP contribution in [0.25, 0.3) is 11.0 Å². The van der Waals surface area contributed by atoms with Crippen LogP contribution in [0.3, 0.4) is 0 Å². The maximum absolute atomic E-state index is 13.4. The fourth-order valence-electron chi connectivity index (χ4n) is 5.26. The maximum atomic E-state index is 13.4. The zero-order valence-corrected chi connectivity index (χ0v) is 20.0. The molecule has 1 N–H and O–H groups in total. The molecule has 0 spiro atoms. The molecule has 1 aromatic heterocycles. The van der Waals surface area contributed by atoms with Gasteiger partial charge in [0.2, 0.25) is 5.91 Å². The zero-order chi connectivity index (χ0) is 24.9. The van der Waals surface area contributed by atoms with E-state index >= 15 is 0 Å². The topological polar surface area (TPSA) is 101 Å². The SMILES string of the molecule is CC1(c2cc3ccccc3o2)NC(=O)N(CC(=O)N2CCCC2c2ccc3c(c2)OCCCO3)C1=O. The van der Waals surface area contributed by atoms with Crippen molar-refractivity contribution >= 4 is 28.8 Å². The summed E-state index contributed by atoms with van der Waals surface area (Å²) >= 11 is 0. The van der Waals surface area contributed by atoms with Crippen LogP contribution in [-0.2, 0) is 15.1 Å². The number of likely N-dealkylation sites (tertiary alicyclic amines) is 1. The number of nitrogens with zero attached hydrogens (tertiary/aromatic N) is 2. The van der Waals surface area contributed by atoms with Crippen LogP contribution in [0, 0.1) is 0 Å². The second-order valence-corrected chi connectivity index (χ2v) is 9.60. The highest BCUT2D eigenvalue weighted by atomic mass is 16.5. The molecule has 3 aromatic rings. The van der Waals surface area contributed by atoms with Crippen molar-refractivity contribution < 1.29 is 28.3 Å². The molecule has 3 aliphatic rings. The first-order chi connectivity index (χ1) is 17.4. The summed E-state index contributed by atoms with van der Waals surface area (Å²) in [5.74, 6) is 0.938. The Hall–Kier alpha value is -4.01. The van der Waals surface area contributed by atoms with Gasteiger partial charge in [0.1, 0.15) is 17.9 Å². The average molecular weight is 490 g/mol. The lowest BCUT2D eigenvalue weighted by Gasteiger charge is -2.27. The molecule has 4 amide bonds. The van der Waals surface area contributed by atoms with E-state index in [2.05, 4.69) is 5.32 Å². The van der Waals surface area contributed by atoms with Crippen molar-refractivity contribution in [3.63, 3.8) is 0 Å². The van der Waals surface area contributed by atoms with Crippen LogP contribution in [0.2, 0.25) is 0 Å². The van der Waals surface area contributed by atoms with Gasteiger partial charge in [-0.15, -0.1) is 0 Å². The second-order valence-electron chi connectivity index (χ2n) is 9.60. The first-order valence-corrected chi connectivity index (χ1v) is 12.3. The van der Waals surface area contributed by atoms with Gasteiger partial charge in [0, 0.05) is 18.4 Å². The molecule has 2 aromatic carbocycles. The molecule has 3 aliphatic heterocycles. The molecular weight excluding hydrogens is 462 g/mol. The van der Waals surface area contributed by atoms with Crippen LogP contribution in [0.4, 0.5) is 4.79 Å². The summed E-state index contributed by atoms with van der Waals surface area (Å²) in [6.45, 7) is 3.02. The highest BCUT2D eigenvalue weighted by molar-refractivity contribution is 6.09. The average Bonchev–Trinajstić information content (AvgIpc) is 3.54. The minimum absolute atomic E-state index is 0.155. The number of furan rings is 1. The van der Waals surface area contributed by atoms with Gasteiger partial charge in [-0.1, -0.05) is 24.3 Å². The van der Waals surface area contributed by atoms with Crippen LogP contribution < -0.4 is 14.8 Å². The third-order valence-corrected chi connectivity index (χ3v) is 7.22. The van der Waals surface area contributed by atoms with Gasteiger partial charge < -0.3 is 24.1 Å². The second kappa shape index (κ2) is 8.58. The van der Waals surface area contributed by atoms with Gasteiger partial charge in [-0.05, 0) is 49.6 Å². The number of urea groups is 1. The van der Waals surface area contributed by atoms with Gasteiger partial charge in [0.15, 0.2) is 17.0 Å². The summed E-state index contributed by atoms with van der Waals surface area (Å²) in [6, 6.07) is 14.2. The minimum Gasteiger partial charge on any atom is -0.490 e. The van der Waals surface area contributed by atoms with Crippen molar-refractivity contribution in [2.24, 2.45) is 0 Å². The Morgan fingerprint density at radius 1 is 1.06 bits per heavy atom. The summed E-state index contributed by atoms with van der Waals surface area (Å²) in [7, 11) is 0. The van der Waals surface area contributed by atoms with Gasteiger partial charge in [-0.2, -0.15) is 0 Å². The Balaban J connectivity index is 1.21. The number of hydrogen-bond donors (Lipinski definition) is 1. The normalized spacial score (nSPS) is 23.8. The predicted octanol–water partition coefficient (Wildman–Crippen LogP) is 3.72. The third-order valence-electron chi connectivity index (χ3n) is 7.22. The Morgan fingerprint density at radius 2 is 1.86 bits per heavy atom. The molecule has 36 heavy (non-hydrogen) atoms. The number of carbonyl (C=O) groups excluding carboxylic acids is 3. The van der Waals surface area contributed by atoms with Crippen molar-refractivity contribution in [1.82, 2.24) is 15.1 Å². The number of para-hydroxylation sites is 1. The molecule has 0 saturated carbocycles. The molecule has 4 heterocycles. The zero-order valence-electron chi connectivity index (χ0n) is 20.0. The highest BCUT2D eigenvalue weighted by Crippen LogP contribution is 2.38. The summed E-state index contributed by atoms with van der Waals surface area (Å²) in [6.07, 6.45) is 2.45. The summed E-state index contributed by atoms with van der Waals surface area (Å²) in [4.78, 5) is 42.3. The molecule has 0 radical (unpaired) electrons. The van der Waals surface area contributed by atoms with E-state index in [1.54, 1.807) is 24.0 Å². The van der Waals surface area contributed by atoms with E-state index in [0.717, 1.165) is 35.1 Å². The number of benzene rings is 2. The summed E-state index contributed by atoms with van der Waals surface area (Å²) in [5, 5.41) is 3.56. The van der Waals surface area contributed by atoms with Gasteiger partial charge in [0.25, 0.3) is 5.91 Å². The van der Waals surface area contributed by atoms with Gasteiger partial charge in [-0.3, -0.25) is 14.5 Å². The fraction of sp³-hybridized carbons (Fsp3) is 0.370. The van der Waals surface area contributed by atoms with Gasteiger partial charge >= 0.3 is 6.03 Å². The number of fused-ring (bicyclic) bond motifs is 2. The first kappa shape index (κ1) is 22.5. The van der Waals surface area contributed by atoms with Crippen LogP contribution in [0.1, 0.15) is 43.6 Å². The van der Waals surface area contributed by atoms with Crippen molar-refractivity contribution in [3.05, 3.63) is 59.9 Å². The quantitative estimate of drug-likeness (QED) is 0.561. The summed E-state index contributed by atoms with van der Waals surface area (Å²) < 4.78 is 17.4. The number of hydrogen-bond acceptors (Lipinski definition) is 6. The fourth-order valence-corrected chi connectivity index (χ4v) is 5.26. The van der Waals surface area contributed by atoms with E-state index in [1.165, 1.54) is 0 Å². The molecule has 6 rings (SSSR count). The minimum atomic E-state index is -1.38. The number of imide groups is 1. The molecule has 9 nitrogen and oxygen atoms in total. The summed E-state index contributed by atoms with van der Waals surface area (Å²) in [5.41, 5.74) is 0.199. The molecule has 2 saturated heterocycles. The van der Waals surface area contributed by atoms with E-state index < -0.39 is 17.5 Å². The Morgan fingerprint density at radius 3 is 2.69 bits per heavy atom. The number of amides is 4. The van der Waals surface area contributed by atoms with E-state index in [0.29, 0.717) is 42.6 Å². The lowest BCUT2D eigenvalue weighted by molar-refractivity contribution is -0.139. The van der Waals surface area contributed by atoms with Crippen LogP contribution in [0.5, 0.6) is 11.5 Å². The number of carbonyl (C=O) groups is 3. The Bertz CT molecular complexity index is 1330. The molecule has 2 fully saturated rings. The number of ether oxygens (including phenoxy) is 2. The molecule has 2 unspecified atom stereocenters. The Kier molecular flexibility index (Phi) is 5.35. The standard InChI is InChI=1S/C27H27N3O6/c1-27(23-15-18-6-2-3-8-20(18)36-23)25(32)30(26(33)28-27)16-24(31)29-11-4-7-19(29)17-9-10-21-22(14-17)35-13-5-12-34-21/h2-3,6,8-10,14-15,19H,4-5,7,11-13,16H2,1H3,(H,28,33). The van der Waals surface area contributed by atoms with Gasteiger partial charge in [-0.25, -0.2) is 4.79 Å². The maximum Gasteiger partial charge on any atom is 0.325 e. The van der Waals surface area contributed by atoms with Crippen molar-refractivity contribution in [2.45, 2.75) is 37.8 Å². The van der Waals surface area contributed by atoms with E-state index in [4.69, 9.17) is 13.9 Å². The van der Waals surface area contributed by atoms with Crippen LogP contribution in [-0.4, -0.2) is 53.9 Å². The monoisotopic (exact) mass is 489 g/mol. The third kappa shape index (κ3) is 3.66. The number of nitrogens with one attached hydrogen (secondary N) is 1. The molecule has 0 aliphatic carbocycles. The molecule has 2 atom stereocenters. The van der Waals surface area contributed by atoms with Crippen molar-refractivity contribution in [1.29, 1.82) is 0 Å². The largest absolute Gasteiger partial charge is 0.490 e. The van der Waals surface area contributed by atoms with Gasteiger partial charge in [0.05, 0.1) is 19.3 Å². The first-order valence-electron chi connectivity index (χ1n) is 12.3. The van der Waals surface area contributed by atoms with E-state index in [1.807, 2.05) is 36.4 Å². The molecular formula is C27H27N3O6. The smallest absolute Gasteiger partial charge is 0.325 e. The van der Waals surface area contributed by atoms with Crippen molar-refractivity contribution in [3.8, 4) is 11.5 Å². The number of rotatable bonds is 4. The molecule has 9 heteroatoms. The highest BCUT2D eigenvalue weighted by Gasteiger charge is 2.52. The predicted molar refractivity (Wildman–Crippen MR) is 130 cm³/mol.